The molecule has 0 spiro atoms. The fourth-order valence-corrected chi connectivity index (χ4v) is 2.07. The second-order valence-corrected chi connectivity index (χ2v) is 4.35. The Labute approximate surface area is 109 Å². The molecule has 0 amide bonds. The van der Waals surface area contributed by atoms with Crippen molar-refractivity contribution in [1.82, 2.24) is 10.1 Å². The first kappa shape index (κ1) is 11.9. The highest BCUT2D eigenvalue weighted by Gasteiger charge is 2.34. The van der Waals surface area contributed by atoms with Crippen LogP contribution in [-0.4, -0.2) is 27.3 Å². The third-order valence-corrected chi connectivity index (χ3v) is 3.04. The van der Waals surface area contributed by atoms with Gasteiger partial charge in [-0.05, 0) is 12.8 Å². The number of nitrogens with zero attached hydrogens (tertiary/aromatic N) is 2. The summed E-state index contributed by atoms with van der Waals surface area (Å²) < 4.78 is 10.5. The standard InChI is InChI=1S/C13H12N2O4/c16-13(17)10-7-6-9(18-10)12-14-11(15-19-12)8-4-2-1-3-5-8/h1-5,9-10H,6-7H2,(H,16,17). The number of hydrogen-bond donors (Lipinski definition) is 1. The predicted molar refractivity (Wildman–Crippen MR) is 64.2 cm³/mol. The molecule has 1 aliphatic rings. The fraction of sp³-hybridized carbons (Fsp3) is 0.308. The molecule has 3 rings (SSSR count). The van der Waals surface area contributed by atoms with Crippen LogP contribution in [-0.2, 0) is 9.53 Å². The van der Waals surface area contributed by atoms with Gasteiger partial charge in [-0.1, -0.05) is 35.5 Å². The van der Waals surface area contributed by atoms with E-state index in [9.17, 15) is 4.79 Å². The van der Waals surface area contributed by atoms with Crippen LogP contribution in [0.2, 0.25) is 0 Å². The Kier molecular flexibility index (Phi) is 3.00. The zero-order valence-corrected chi connectivity index (χ0v) is 10.0. The van der Waals surface area contributed by atoms with Crippen LogP contribution >= 0.6 is 0 Å². The molecule has 1 aromatic carbocycles. The average molecular weight is 260 g/mol. The predicted octanol–water partition coefficient (Wildman–Crippen LogP) is 2.04. The molecule has 2 aromatic rings. The number of aromatic nitrogens is 2. The van der Waals surface area contributed by atoms with Gasteiger partial charge in [0.25, 0.3) is 5.89 Å². The first-order valence-corrected chi connectivity index (χ1v) is 6.01. The second-order valence-electron chi connectivity index (χ2n) is 4.35. The van der Waals surface area contributed by atoms with Crippen molar-refractivity contribution in [1.29, 1.82) is 0 Å². The summed E-state index contributed by atoms with van der Waals surface area (Å²) >= 11 is 0. The van der Waals surface area contributed by atoms with Crippen molar-refractivity contribution in [3.8, 4) is 11.4 Å². The molecule has 1 N–H and O–H groups in total. The van der Waals surface area contributed by atoms with E-state index in [4.69, 9.17) is 14.4 Å². The molecule has 0 bridgehead atoms. The van der Waals surface area contributed by atoms with E-state index in [1.165, 1.54) is 0 Å². The Morgan fingerprint density at radius 1 is 1.26 bits per heavy atom. The summed E-state index contributed by atoms with van der Waals surface area (Å²) in [5.41, 5.74) is 0.852. The van der Waals surface area contributed by atoms with Gasteiger partial charge >= 0.3 is 5.97 Å². The maximum atomic E-state index is 10.8. The number of rotatable bonds is 3. The Hall–Kier alpha value is -2.21. The lowest BCUT2D eigenvalue weighted by Crippen LogP contribution is -2.18. The summed E-state index contributed by atoms with van der Waals surface area (Å²) in [5.74, 6) is -0.133. The number of carboxylic acid groups (broad SMARTS) is 1. The van der Waals surface area contributed by atoms with E-state index in [2.05, 4.69) is 10.1 Å². The van der Waals surface area contributed by atoms with Gasteiger partial charge in [0.2, 0.25) is 5.82 Å². The first-order valence-electron chi connectivity index (χ1n) is 6.01. The van der Waals surface area contributed by atoms with Crippen molar-refractivity contribution in [2.24, 2.45) is 0 Å². The molecule has 0 aliphatic carbocycles. The number of hydrogen-bond acceptors (Lipinski definition) is 5. The molecular weight excluding hydrogens is 248 g/mol. The van der Waals surface area contributed by atoms with Crippen LogP contribution in [0.1, 0.15) is 24.8 Å². The Bertz CT molecular complexity index is 581. The Morgan fingerprint density at radius 2 is 2.05 bits per heavy atom. The van der Waals surface area contributed by atoms with E-state index in [-0.39, 0.29) is 0 Å². The molecule has 1 aromatic heterocycles. The van der Waals surface area contributed by atoms with Crippen LogP contribution in [0.3, 0.4) is 0 Å². The summed E-state index contributed by atoms with van der Waals surface area (Å²) in [4.78, 5) is 15.1. The van der Waals surface area contributed by atoms with Crippen molar-refractivity contribution >= 4 is 5.97 Å². The molecule has 1 fully saturated rings. The van der Waals surface area contributed by atoms with E-state index in [1.807, 2.05) is 30.3 Å². The largest absolute Gasteiger partial charge is 0.479 e. The molecule has 1 aliphatic heterocycles. The highest BCUT2D eigenvalue weighted by molar-refractivity contribution is 5.72. The zero-order chi connectivity index (χ0) is 13.2. The maximum Gasteiger partial charge on any atom is 0.332 e. The third-order valence-electron chi connectivity index (χ3n) is 3.04. The number of carboxylic acids is 1. The van der Waals surface area contributed by atoms with E-state index in [0.717, 1.165) is 5.56 Å². The Morgan fingerprint density at radius 3 is 2.74 bits per heavy atom. The fourth-order valence-electron chi connectivity index (χ4n) is 2.07. The van der Waals surface area contributed by atoms with Gasteiger partial charge in [-0.3, -0.25) is 0 Å². The smallest absolute Gasteiger partial charge is 0.332 e. The first-order chi connectivity index (χ1) is 9.24. The number of carbonyl (C=O) groups is 1. The summed E-state index contributed by atoms with van der Waals surface area (Å²) in [6, 6.07) is 9.44. The molecular formula is C13H12N2O4. The number of benzene rings is 1. The second kappa shape index (κ2) is 4.81. The van der Waals surface area contributed by atoms with Crippen LogP contribution < -0.4 is 0 Å². The van der Waals surface area contributed by atoms with Crippen LogP contribution in [0.15, 0.2) is 34.9 Å². The van der Waals surface area contributed by atoms with Gasteiger partial charge in [0.15, 0.2) is 6.10 Å². The lowest BCUT2D eigenvalue weighted by atomic mass is 10.2. The Balaban J connectivity index is 1.78. The minimum absolute atomic E-state index is 0.336. The maximum absolute atomic E-state index is 10.8. The number of ether oxygens (including phenoxy) is 1. The van der Waals surface area contributed by atoms with E-state index in [0.29, 0.717) is 24.6 Å². The molecule has 98 valence electrons. The molecule has 0 radical (unpaired) electrons. The summed E-state index contributed by atoms with van der Waals surface area (Å²) in [5, 5.41) is 12.8. The molecule has 2 heterocycles. The van der Waals surface area contributed by atoms with Gasteiger partial charge in [-0.25, -0.2) is 4.79 Å². The van der Waals surface area contributed by atoms with Crippen molar-refractivity contribution in [3.63, 3.8) is 0 Å². The van der Waals surface area contributed by atoms with Crippen molar-refractivity contribution < 1.29 is 19.2 Å². The lowest BCUT2D eigenvalue weighted by molar-refractivity contribution is -0.150. The average Bonchev–Trinajstić information content (AvgIpc) is 3.09. The quantitative estimate of drug-likeness (QED) is 0.908. The molecule has 19 heavy (non-hydrogen) atoms. The van der Waals surface area contributed by atoms with Gasteiger partial charge in [-0.15, -0.1) is 0 Å². The van der Waals surface area contributed by atoms with Crippen molar-refractivity contribution in [3.05, 3.63) is 36.2 Å². The summed E-state index contributed by atoms with van der Waals surface area (Å²) in [6.45, 7) is 0. The van der Waals surface area contributed by atoms with E-state index >= 15 is 0 Å². The minimum Gasteiger partial charge on any atom is -0.479 e. The van der Waals surface area contributed by atoms with E-state index in [1.54, 1.807) is 0 Å². The highest BCUT2D eigenvalue weighted by Crippen LogP contribution is 2.32. The lowest BCUT2D eigenvalue weighted by Gasteiger charge is -2.05. The third kappa shape index (κ3) is 2.34. The van der Waals surface area contributed by atoms with E-state index < -0.39 is 18.2 Å². The minimum atomic E-state index is -0.953. The molecule has 6 nitrogen and oxygen atoms in total. The van der Waals surface area contributed by atoms with Gasteiger partial charge in [0.05, 0.1) is 0 Å². The van der Waals surface area contributed by atoms with Gasteiger partial charge < -0.3 is 14.4 Å². The van der Waals surface area contributed by atoms with Crippen LogP contribution in [0.4, 0.5) is 0 Å². The molecule has 0 saturated carbocycles. The molecule has 2 unspecified atom stereocenters. The van der Waals surface area contributed by atoms with Crippen molar-refractivity contribution in [2.45, 2.75) is 25.0 Å². The SMILES string of the molecule is O=C(O)C1CCC(c2nc(-c3ccccc3)no2)O1. The van der Waals surface area contributed by atoms with Crippen molar-refractivity contribution in [2.75, 3.05) is 0 Å². The topological polar surface area (TPSA) is 85.5 Å². The monoisotopic (exact) mass is 260 g/mol. The van der Waals surface area contributed by atoms with Gasteiger partial charge in [-0.2, -0.15) is 4.98 Å². The number of aliphatic carboxylic acids is 1. The zero-order valence-electron chi connectivity index (χ0n) is 10.0. The highest BCUT2D eigenvalue weighted by atomic mass is 16.5. The normalized spacial score (nSPS) is 22.5. The molecule has 6 heteroatoms. The van der Waals surface area contributed by atoms with Crippen LogP contribution in [0.25, 0.3) is 11.4 Å². The molecule has 1 saturated heterocycles. The van der Waals surface area contributed by atoms with Crippen LogP contribution in [0, 0.1) is 0 Å². The summed E-state index contributed by atoms with van der Waals surface area (Å²) in [6.07, 6.45) is -0.167. The van der Waals surface area contributed by atoms with Crippen LogP contribution in [0.5, 0.6) is 0 Å². The molecule has 2 atom stereocenters. The summed E-state index contributed by atoms with van der Waals surface area (Å²) in [7, 11) is 0. The van der Waals surface area contributed by atoms with Gasteiger partial charge in [0, 0.05) is 5.56 Å². The van der Waals surface area contributed by atoms with Gasteiger partial charge in [0.1, 0.15) is 6.10 Å².